The molecule has 4 rings (SSSR count). The Morgan fingerprint density at radius 3 is 2.54 bits per heavy atom. The zero-order chi connectivity index (χ0) is 18.1. The summed E-state index contributed by atoms with van der Waals surface area (Å²) < 4.78 is 2.16. The Balaban J connectivity index is 1.75. The number of aromatic nitrogens is 1. The van der Waals surface area contributed by atoms with Crippen molar-refractivity contribution in [2.45, 2.75) is 19.5 Å². The van der Waals surface area contributed by atoms with Crippen LogP contribution in [0.25, 0.3) is 10.9 Å². The van der Waals surface area contributed by atoms with Crippen molar-refractivity contribution in [2.75, 3.05) is 26.7 Å². The minimum absolute atomic E-state index is 0.0891. The molecule has 1 aromatic heterocycles. The Labute approximate surface area is 154 Å². The summed E-state index contributed by atoms with van der Waals surface area (Å²) in [5.41, 5.74) is 3.14. The number of amides is 1. The van der Waals surface area contributed by atoms with E-state index in [2.05, 4.69) is 64.7 Å². The number of carbonyl (C=O) groups is 1. The van der Waals surface area contributed by atoms with Crippen molar-refractivity contribution >= 4 is 16.8 Å². The van der Waals surface area contributed by atoms with Crippen molar-refractivity contribution in [2.24, 2.45) is 0 Å². The van der Waals surface area contributed by atoms with Gasteiger partial charge < -0.3 is 14.4 Å². The number of carbonyl (C=O) groups excluding carboxylic acids is 1. The second-order valence-electron chi connectivity index (χ2n) is 7.03. The zero-order valence-corrected chi connectivity index (χ0v) is 15.4. The van der Waals surface area contributed by atoms with Gasteiger partial charge in [-0.2, -0.15) is 0 Å². The summed E-state index contributed by atoms with van der Waals surface area (Å²) in [5.74, 6) is 0.135. The van der Waals surface area contributed by atoms with Crippen LogP contribution in [0.2, 0.25) is 0 Å². The predicted molar refractivity (Wildman–Crippen MR) is 105 cm³/mol. The maximum Gasteiger partial charge on any atom is 0.256 e. The maximum absolute atomic E-state index is 13.5. The van der Waals surface area contributed by atoms with Gasteiger partial charge in [0.05, 0.1) is 11.6 Å². The quantitative estimate of drug-likeness (QED) is 0.721. The van der Waals surface area contributed by atoms with E-state index in [0.717, 1.165) is 42.6 Å². The number of hydrogen-bond donors (Lipinski definition) is 0. The molecule has 0 bridgehead atoms. The van der Waals surface area contributed by atoms with Crippen LogP contribution in [-0.4, -0.2) is 47.0 Å². The smallest absolute Gasteiger partial charge is 0.256 e. The molecule has 3 aromatic rings. The minimum atomic E-state index is 0.0891. The third-order valence-electron chi connectivity index (χ3n) is 5.39. The summed E-state index contributed by atoms with van der Waals surface area (Å²) in [6.07, 6.45) is 2.02. The molecule has 1 fully saturated rings. The Morgan fingerprint density at radius 2 is 1.77 bits per heavy atom. The number of benzene rings is 2. The van der Waals surface area contributed by atoms with E-state index in [-0.39, 0.29) is 11.9 Å². The number of hydrogen-bond acceptors (Lipinski definition) is 2. The molecule has 2 aromatic carbocycles. The second kappa shape index (κ2) is 6.96. The molecule has 4 nitrogen and oxygen atoms in total. The summed E-state index contributed by atoms with van der Waals surface area (Å²) in [7, 11) is 2.13. The van der Waals surface area contributed by atoms with Crippen molar-refractivity contribution in [3.63, 3.8) is 0 Å². The van der Waals surface area contributed by atoms with Gasteiger partial charge in [-0.05, 0) is 25.6 Å². The molecule has 4 heteroatoms. The number of rotatable bonds is 3. The van der Waals surface area contributed by atoms with Crippen molar-refractivity contribution in [3.8, 4) is 0 Å². The molecule has 0 unspecified atom stereocenters. The van der Waals surface area contributed by atoms with Gasteiger partial charge in [0.2, 0.25) is 0 Å². The highest BCUT2D eigenvalue weighted by Gasteiger charge is 2.32. The largest absolute Gasteiger partial charge is 0.347 e. The average molecular weight is 347 g/mol. The van der Waals surface area contributed by atoms with E-state index < -0.39 is 0 Å². The Hall–Kier alpha value is -2.59. The molecule has 1 amide bonds. The number of likely N-dealkylation sites (N-methyl/N-ethyl adjacent to an activating group) is 1. The van der Waals surface area contributed by atoms with E-state index >= 15 is 0 Å². The molecule has 0 radical (unpaired) electrons. The highest BCUT2D eigenvalue weighted by Crippen LogP contribution is 2.29. The van der Waals surface area contributed by atoms with Crippen LogP contribution in [0.5, 0.6) is 0 Å². The van der Waals surface area contributed by atoms with E-state index in [1.807, 2.05) is 24.4 Å². The lowest BCUT2D eigenvalue weighted by atomic mass is 10.0. The zero-order valence-electron chi connectivity index (χ0n) is 15.4. The first-order chi connectivity index (χ1) is 12.7. The first kappa shape index (κ1) is 16.9. The minimum Gasteiger partial charge on any atom is -0.347 e. The molecule has 1 atom stereocenters. The van der Waals surface area contributed by atoms with Crippen molar-refractivity contribution < 1.29 is 4.79 Å². The van der Waals surface area contributed by atoms with Crippen molar-refractivity contribution in [1.29, 1.82) is 0 Å². The lowest BCUT2D eigenvalue weighted by Crippen LogP contribution is -2.49. The molecular weight excluding hydrogens is 322 g/mol. The third-order valence-corrected chi connectivity index (χ3v) is 5.39. The SMILES string of the molecule is CCn1cc(C(=O)N2CCN(C)C[C@H]2c2ccccc2)c2ccccc21. The maximum atomic E-state index is 13.5. The number of para-hydroxylation sites is 1. The average Bonchev–Trinajstić information content (AvgIpc) is 3.07. The van der Waals surface area contributed by atoms with Crippen LogP contribution in [0.3, 0.4) is 0 Å². The van der Waals surface area contributed by atoms with Crippen LogP contribution in [0.1, 0.15) is 28.9 Å². The van der Waals surface area contributed by atoms with Crippen LogP contribution in [-0.2, 0) is 6.54 Å². The van der Waals surface area contributed by atoms with Crippen molar-refractivity contribution in [3.05, 3.63) is 71.9 Å². The molecule has 2 heterocycles. The normalized spacial score (nSPS) is 18.4. The van der Waals surface area contributed by atoms with Gasteiger partial charge in [0.1, 0.15) is 0 Å². The van der Waals surface area contributed by atoms with Gasteiger partial charge in [-0.25, -0.2) is 0 Å². The lowest BCUT2D eigenvalue weighted by molar-refractivity contribution is 0.0500. The molecule has 1 aliphatic rings. The fraction of sp³-hybridized carbons (Fsp3) is 0.318. The second-order valence-corrected chi connectivity index (χ2v) is 7.03. The predicted octanol–water partition coefficient (Wildman–Crippen LogP) is 3.79. The van der Waals surface area contributed by atoms with Gasteiger partial charge >= 0.3 is 0 Å². The summed E-state index contributed by atoms with van der Waals surface area (Å²) in [6, 6.07) is 18.7. The van der Waals surface area contributed by atoms with E-state index in [9.17, 15) is 4.79 Å². The fourth-order valence-electron chi connectivity index (χ4n) is 3.96. The summed E-state index contributed by atoms with van der Waals surface area (Å²) >= 11 is 0. The summed E-state index contributed by atoms with van der Waals surface area (Å²) in [5, 5.41) is 1.05. The summed E-state index contributed by atoms with van der Waals surface area (Å²) in [6.45, 7) is 5.49. The molecule has 0 aliphatic carbocycles. The highest BCUT2D eigenvalue weighted by molar-refractivity contribution is 6.07. The standard InChI is InChI=1S/C22H25N3O/c1-3-24-15-19(18-11-7-8-12-20(18)24)22(26)25-14-13-23(2)16-21(25)17-9-5-4-6-10-17/h4-12,15,21H,3,13-14,16H2,1-2H3/t21-/m0/s1. The van der Waals surface area contributed by atoms with Crippen LogP contribution in [0.4, 0.5) is 0 Å². The van der Waals surface area contributed by atoms with Gasteiger partial charge in [-0.15, -0.1) is 0 Å². The van der Waals surface area contributed by atoms with Gasteiger partial charge in [0, 0.05) is 43.3 Å². The molecule has 1 aliphatic heterocycles. The lowest BCUT2D eigenvalue weighted by Gasteiger charge is -2.40. The first-order valence-corrected chi connectivity index (χ1v) is 9.31. The van der Waals surface area contributed by atoms with Crippen LogP contribution in [0, 0.1) is 0 Å². The van der Waals surface area contributed by atoms with E-state index in [4.69, 9.17) is 0 Å². The third kappa shape index (κ3) is 2.90. The fourth-order valence-corrected chi connectivity index (χ4v) is 3.96. The van der Waals surface area contributed by atoms with E-state index in [1.165, 1.54) is 5.56 Å². The van der Waals surface area contributed by atoms with Crippen molar-refractivity contribution in [1.82, 2.24) is 14.4 Å². The molecule has 0 N–H and O–H groups in total. The Bertz CT molecular complexity index is 916. The summed E-state index contributed by atoms with van der Waals surface area (Å²) in [4.78, 5) is 17.9. The molecule has 0 saturated carbocycles. The number of aryl methyl sites for hydroxylation is 1. The monoisotopic (exact) mass is 347 g/mol. The Morgan fingerprint density at radius 1 is 1.04 bits per heavy atom. The molecule has 0 spiro atoms. The first-order valence-electron chi connectivity index (χ1n) is 9.31. The Kier molecular flexibility index (Phi) is 4.51. The van der Waals surface area contributed by atoms with Gasteiger partial charge in [-0.1, -0.05) is 48.5 Å². The van der Waals surface area contributed by atoms with E-state index in [1.54, 1.807) is 0 Å². The number of piperazine rings is 1. The van der Waals surface area contributed by atoms with Crippen LogP contribution in [0.15, 0.2) is 60.8 Å². The van der Waals surface area contributed by atoms with Gasteiger partial charge in [0.25, 0.3) is 5.91 Å². The van der Waals surface area contributed by atoms with E-state index in [0.29, 0.717) is 0 Å². The molecule has 1 saturated heterocycles. The molecular formula is C22H25N3O. The number of nitrogens with zero attached hydrogens (tertiary/aromatic N) is 3. The van der Waals surface area contributed by atoms with Crippen LogP contribution < -0.4 is 0 Å². The number of fused-ring (bicyclic) bond motifs is 1. The highest BCUT2D eigenvalue weighted by atomic mass is 16.2. The topological polar surface area (TPSA) is 28.5 Å². The van der Waals surface area contributed by atoms with Gasteiger partial charge in [0.15, 0.2) is 0 Å². The molecule has 134 valence electrons. The van der Waals surface area contributed by atoms with Gasteiger partial charge in [-0.3, -0.25) is 4.79 Å². The van der Waals surface area contributed by atoms with Crippen LogP contribution >= 0.6 is 0 Å². The molecule has 26 heavy (non-hydrogen) atoms.